The van der Waals surface area contributed by atoms with Crippen LogP contribution in [0.4, 0.5) is 32.0 Å². The Balaban J connectivity index is 2.26. The van der Waals surface area contributed by atoms with Crippen molar-refractivity contribution in [2.24, 2.45) is 0 Å². The third-order valence-electron chi connectivity index (χ3n) is 3.54. The molecule has 154 valence electrons. The molecular weight excluding hydrogens is 402 g/mol. The van der Waals surface area contributed by atoms with Gasteiger partial charge in [0.25, 0.3) is 5.91 Å². The first-order valence-electron chi connectivity index (χ1n) is 8.06. The number of rotatable bonds is 5. The Morgan fingerprint density at radius 1 is 0.862 bits per heavy atom. The zero-order valence-corrected chi connectivity index (χ0v) is 14.6. The second kappa shape index (κ2) is 8.80. The summed E-state index contributed by atoms with van der Waals surface area (Å²) in [4.78, 5) is 24.1. The van der Waals surface area contributed by atoms with Gasteiger partial charge in [-0.05, 0) is 17.7 Å². The highest BCUT2D eigenvalue weighted by molar-refractivity contribution is 6.09. The highest BCUT2D eigenvalue weighted by atomic mass is 19.4. The molecule has 0 bridgehead atoms. The predicted octanol–water partition coefficient (Wildman–Crippen LogP) is 4.56. The number of nitrogens with one attached hydrogen (secondary N) is 2. The molecule has 0 unspecified atom stereocenters. The Morgan fingerprint density at radius 3 is 2.03 bits per heavy atom. The van der Waals surface area contributed by atoms with Gasteiger partial charge in [-0.3, -0.25) is 9.59 Å². The molecule has 0 heterocycles. The van der Waals surface area contributed by atoms with Crippen LogP contribution in [0.15, 0.2) is 60.7 Å². The smallest absolute Gasteiger partial charge is 0.343 e. The van der Waals surface area contributed by atoms with Crippen molar-refractivity contribution in [3.8, 4) is 0 Å². The molecule has 4 nitrogen and oxygen atoms in total. The average molecular weight is 416 g/mol. The fourth-order valence-corrected chi connectivity index (χ4v) is 2.31. The van der Waals surface area contributed by atoms with Gasteiger partial charge >= 0.3 is 12.4 Å². The first-order chi connectivity index (χ1) is 13.5. The molecule has 2 amide bonds. The summed E-state index contributed by atoms with van der Waals surface area (Å²) < 4.78 is 76.7. The number of benzene rings is 2. The number of allylic oxidation sites excluding steroid dienone is 1. The van der Waals surface area contributed by atoms with Crippen molar-refractivity contribution in [1.29, 1.82) is 0 Å². The van der Waals surface area contributed by atoms with E-state index in [1.807, 2.05) is 0 Å². The lowest BCUT2D eigenvalue weighted by atomic mass is 10.0. The highest BCUT2D eigenvalue weighted by Gasteiger charge is 2.35. The van der Waals surface area contributed by atoms with E-state index in [-0.39, 0.29) is 16.8 Å². The minimum Gasteiger partial charge on any atom is -0.343 e. The molecule has 10 heteroatoms. The van der Waals surface area contributed by atoms with Gasteiger partial charge in [0.05, 0.1) is 16.8 Å². The number of alkyl halides is 6. The van der Waals surface area contributed by atoms with Gasteiger partial charge in [-0.1, -0.05) is 42.5 Å². The fraction of sp³-hybridized carbons (Fsp3) is 0.158. The molecule has 0 atom stereocenters. The van der Waals surface area contributed by atoms with Crippen molar-refractivity contribution in [3.05, 3.63) is 71.8 Å². The van der Waals surface area contributed by atoms with E-state index in [1.54, 1.807) is 5.32 Å². The van der Waals surface area contributed by atoms with E-state index in [0.717, 1.165) is 6.07 Å². The Labute approximate surface area is 161 Å². The Bertz CT molecular complexity index is 905. The van der Waals surface area contributed by atoms with Crippen LogP contribution in [-0.2, 0) is 4.79 Å². The number of amides is 2. The van der Waals surface area contributed by atoms with E-state index in [0.29, 0.717) is 6.08 Å². The van der Waals surface area contributed by atoms with Crippen LogP contribution in [0, 0.1) is 0 Å². The predicted molar refractivity (Wildman–Crippen MR) is 93.9 cm³/mol. The number of anilines is 1. The van der Waals surface area contributed by atoms with Crippen LogP contribution >= 0.6 is 0 Å². The lowest BCUT2D eigenvalue weighted by molar-refractivity contribution is -0.123. The Kier molecular flexibility index (Phi) is 6.68. The van der Waals surface area contributed by atoms with Crippen molar-refractivity contribution >= 4 is 23.1 Å². The first kappa shape index (κ1) is 22.0. The summed E-state index contributed by atoms with van der Waals surface area (Å²) in [5.74, 6) is -2.33. The monoisotopic (exact) mass is 416 g/mol. The molecule has 0 spiro atoms. The lowest BCUT2D eigenvalue weighted by Crippen LogP contribution is -2.34. The van der Waals surface area contributed by atoms with Crippen LogP contribution in [0.3, 0.4) is 0 Å². The Morgan fingerprint density at radius 2 is 1.45 bits per heavy atom. The summed E-state index contributed by atoms with van der Waals surface area (Å²) in [6.07, 6.45) is -9.16. The maximum Gasteiger partial charge on any atom is 0.417 e. The summed E-state index contributed by atoms with van der Waals surface area (Å²) in [6, 6.07) is 11.6. The zero-order valence-electron chi connectivity index (χ0n) is 14.6. The number of para-hydroxylation sites is 1. The summed E-state index contributed by atoms with van der Waals surface area (Å²) in [7, 11) is 0. The van der Waals surface area contributed by atoms with Crippen molar-refractivity contribution in [2.75, 3.05) is 11.9 Å². The van der Waals surface area contributed by atoms with Crippen molar-refractivity contribution in [3.63, 3.8) is 0 Å². The van der Waals surface area contributed by atoms with Gasteiger partial charge in [0.2, 0.25) is 5.91 Å². The lowest BCUT2D eigenvalue weighted by Gasteiger charge is -2.14. The molecule has 0 aliphatic heterocycles. The van der Waals surface area contributed by atoms with Gasteiger partial charge in [-0.25, -0.2) is 0 Å². The van der Waals surface area contributed by atoms with Crippen LogP contribution in [0.25, 0.3) is 5.57 Å². The molecule has 0 saturated heterocycles. The quantitative estimate of drug-likeness (QED) is 0.555. The SMILES string of the molecule is O=C(/C=C(/c1ccccc1)C(F)(F)F)Nc1ccccc1C(=O)NCC(F)(F)F. The largest absolute Gasteiger partial charge is 0.417 e. The van der Waals surface area contributed by atoms with Crippen LogP contribution in [0.2, 0.25) is 0 Å². The molecule has 2 aromatic rings. The standard InChI is InChI=1S/C19H14F6N2O2/c20-18(21,22)11-26-17(29)13-8-4-5-9-15(13)27-16(28)10-14(19(23,24)25)12-6-2-1-3-7-12/h1-10H,11H2,(H,26,29)(H,27,28)/b14-10-. The molecule has 2 rings (SSSR count). The minimum atomic E-state index is -4.83. The van der Waals surface area contributed by atoms with E-state index < -0.39 is 36.3 Å². The van der Waals surface area contributed by atoms with Crippen molar-refractivity contribution in [1.82, 2.24) is 5.32 Å². The van der Waals surface area contributed by atoms with Crippen LogP contribution in [-0.4, -0.2) is 30.7 Å². The molecule has 0 radical (unpaired) electrons. The van der Waals surface area contributed by atoms with Crippen LogP contribution < -0.4 is 10.6 Å². The zero-order chi connectivity index (χ0) is 21.7. The number of carbonyl (C=O) groups is 2. The topological polar surface area (TPSA) is 58.2 Å². The van der Waals surface area contributed by atoms with E-state index in [9.17, 15) is 35.9 Å². The molecule has 0 aliphatic rings. The summed E-state index contributed by atoms with van der Waals surface area (Å²) in [5, 5.41) is 3.74. The fourth-order valence-electron chi connectivity index (χ4n) is 2.31. The van der Waals surface area contributed by atoms with Gasteiger partial charge in [0.15, 0.2) is 0 Å². The van der Waals surface area contributed by atoms with Crippen LogP contribution in [0.5, 0.6) is 0 Å². The summed E-state index contributed by atoms with van der Waals surface area (Å²) in [5.41, 5.74) is -2.02. The van der Waals surface area contributed by atoms with Gasteiger partial charge in [-0.2, -0.15) is 26.3 Å². The maximum atomic E-state index is 13.3. The van der Waals surface area contributed by atoms with E-state index in [4.69, 9.17) is 0 Å². The molecule has 2 aromatic carbocycles. The van der Waals surface area contributed by atoms with Crippen molar-refractivity contribution in [2.45, 2.75) is 12.4 Å². The molecule has 0 aromatic heterocycles. The maximum absolute atomic E-state index is 13.3. The third-order valence-corrected chi connectivity index (χ3v) is 3.54. The van der Waals surface area contributed by atoms with Gasteiger partial charge in [0, 0.05) is 6.08 Å². The molecule has 2 N–H and O–H groups in total. The Hall–Kier alpha value is -3.30. The van der Waals surface area contributed by atoms with Gasteiger partial charge in [-0.15, -0.1) is 0 Å². The molecule has 0 saturated carbocycles. The number of hydrogen-bond acceptors (Lipinski definition) is 2. The van der Waals surface area contributed by atoms with Gasteiger partial charge < -0.3 is 10.6 Å². The highest BCUT2D eigenvalue weighted by Crippen LogP contribution is 2.33. The normalized spacial score (nSPS) is 12.4. The molecule has 0 fully saturated rings. The minimum absolute atomic E-state index is 0.233. The molecule has 29 heavy (non-hydrogen) atoms. The molecule has 0 aliphatic carbocycles. The van der Waals surface area contributed by atoms with Crippen molar-refractivity contribution < 1.29 is 35.9 Å². The number of hydrogen-bond donors (Lipinski definition) is 2. The van der Waals surface area contributed by atoms with Crippen LogP contribution in [0.1, 0.15) is 15.9 Å². The summed E-state index contributed by atoms with van der Waals surface area (Å²) in [6.45, 7) is -1.60. The van der Waals surface area contributed by atoms with Gasteiger partial charge in [0.1, 0.15) is 6.54 Å². The number of carbonyl (C=O) groups excluding carboxylic acids is 2. The number of halogens is 6. The van der Waals surface area contributed by atoms with E-state index >= 15 is 0 Å². The third kappa shape index (κ3) is 6.66. The second-order valence-electron chi connectivity index (χ2n) is 5.75. The molecular formula is C19H14F6N2O2. The van der Waals surface area contributed by atoms with E-state index in [1.165, 1.54) is 48.5 Å². The average Bonchev–Trinajstić information content (AvgIpc) is 2.64. The first-order valence-corrected chi connectivity index (χ1v) is 8.06. The van der Waals surface area contributed by atoms with E-state index in [2.05, 4.69) is 5.32 Å². The second-order valence-corrected chi connectivity index (χ2v) is 5.75. The summed E-state index contributed by atoms with van der Waals surface area (Å²) >= 11 is 0.